The summed E-state index contributed by atoms with van der Waals surface area (Å²) < 4.78 is 5.32. The van der Waals surface area contributed by atoms with Gasteiger partial charge in [0.15, 0.2) is 0 Å². The minimum atomic E-state index is 0.0851. The Hall–Kier alpha value is -1.55. The SMILES string of the molecule is COc1ccccc1CCC(=O)NC1C2CCC(C2)C1CO. The van der Waals surface area contributed by atoms with Gasteiger partial charge in [-0.1, -0.05) is 18.2 Å². The van der Waals surface area contributed by atoms with Gasteiger partial charge in [0.25, 0.3) is 0 Å². The topological polar surface area (TPSA) is 58.6 Å². The maximum atomic E-state index is 12.3. The van der Waals surface area contributed by atoms with Crippen molar-refractivity contribution in [2.75, 3.05) is 13.7 Å². The lowest BCUT2D eigenvalue weighted by atomic mass is 9.85. The maximum Gasteiger partial charge on any atom is 0.220 e. The number of aliphatic hydroxyl groups is 1. The molecule has 2 aliphatic rings. The van der Waals surface area contributed by atoms with Crippen LogP contribution in [0.25, 0.3) is 0 Å². The number of aliphatic hydroxyl groups excluding tert-OH is 1. The Bertz CT molecular complexity index is 531. The lowest BCUT2D eigenvalue weighted by Crippen LogP contribution is -2.45. The van der Waals surface area contributed by atoms with E-state index < -0.39 is 0 Å². The van der Waals surface area contributed by atoms with Crippen LogP contribution in [0.3, 0.4) is 0 Å². The summed E-state index contributed by atoms with van der Waals surface area (Å²) in [5.74, 6) is 2.35. The van der Waals surface area contributed by atoms with E-state index in [4.69, 9.17) is 4.74 Å². The zero-order valence-electron chi connectivity index (χ0n) is 13.1. The van der Waals surface area contributed by atoms with Crippen LogP contribution in [0.5, 0.6) is 5.75 Å². The van der Waals surface area contributed by atoms with Crippen LogP contribution in [-0.4, -0.2) is 30.8 Å². The van der Waals surface area contributed by atoms with Gasteiger partial charge in [-0.3, -0.25) is 4.79 Å². The summed E-state index contributed by atoms with van der Waals surface area (Å²) in [6.07, 6.45) is 4.72. The van der Waals surface area contributed by atoms with E-state index in [1.807, 2.05) is 24.3 Å². The lowest BCUT2D eigenvalue weighted by molar-refractivity contribution is -0.122. The van der Waals surface area contributed by atoms with Crippen LogP contribution in [0.2, 0.25) is 0 Å². The fourth-order valence-electron chi connectivity index (χ4n) is 4.31. The molecule has 3 rings (SSSR count). The van der Waals surface area contributed by atoms with E-state index in [0.717, 1.165) is 11.3 Å². The minimum absolute atomic E-state index is 0.0851. The number of carbonyl (C=O) groups is 1. The fraction of sp³-hybridized carbons (Fsp3) is 0.611. The number of rotatable bonds is 6. The van der Waals surface area contributed by atoms with Gasteiger partial charge in [0, 0.05) is 25.0 Å². The van der Waals surface area contributed by atoms with Crippen LogP contribution in [0.4, 0.5) is 0 Å². The first-order chi connectivity index (χ1) is 10.7. The molecule has 2 N–H and O–H groups in total. The summed E-state index contributed by atoms with van der Waals surface area (Å²) in [5, 5.41) is 12.8. The Balaban J connectivity index is 1.54. The number of nitrogens with one attached hydrogen (secondary N) is 1. The van der Waals surface area contributed by atoms with Gasteiger partial charge in [0.05, 0.1) is 7.11 Å². The third kappa shape index (κ3) is 2.98. The second kappa shape index (κ2) is 6.69. The first-order valence-corrected chi connectivity index (χ1v) is 8.25. The molecule has 4 nitrogen and oxygen atoms in total. The van der Waals surface area contributed by atoms with Gasteiger partial charge in [0.2, 0.25) is 5.91 Å². The summed E-state index contributed by atoms with van der Waals surface area (Å²) in [4.78, 5) is 12.3. The molecular weight excluding hydrogens is 278 g/mol. The second-order valence-corrected chi connectivity index (χ2v) is 6.58. The van der Waals surface area contributed by atoms with E-state index in [2.05, 4.69) is 5.32 Å². The average Bonchev–Trinajstić information content (AvgIpc) is 3.14. The quantitative estimate of drug-likeness (QED) is 0.846. The molecule has 2 aliphatic carbocycles. The van der Waals surface area contributed by atoms with Crippen molar-refractivity contribution in [3.63, 3.8) is 0 Å². The molecule has 0 aromatic heterocycles. The molecular formula is C18H25NO3. The van der Waals surface area contributed by atoms with E-state index in [1.54, 1.807) is 7.11 Å². The number of carbonyl (C=O) groups excluding carboxylic acids is 1. The zero-order valence-corrected chi connectivity index (χ0v) is 13.1. The molecule has 0 spiro atoms. The Morgan fingerprint density at radius 1 is 1.32 bits per heavy atom. The van der Waals surface area contributed by atoms with E-state index >= 15 is 0 Å². The van der Waals surface area contributed by atoms with E-state index in [1.165, 1.54) is 19.3 Å². The van der Waals surface area contributed by atoms with E-state index in [-0.39, 0.29) is 24.5 Å². The number of hydrogen-bond acceptors (Lipinski definition) is 3. The van der Waals surface area contributed by atoms with E-state index in [9.17, 15) is 9.90 Å². The smallest absolute Gasteiger partial charge is 0.220 e. The average molecular weight is 303 g/mol. The normalized spacial score (nSPS) is 29.5. The number of ether oxygens (including phenoxy) is 1. The van der Waals surface area contributed by atoms with Gasteiger partial charge in [-0.25, -0.2) is 0 Å². The van der Waals surface area contributed by atoms with E-state index in [0.29, 0.717) is 24.7 Å². The monoisotopic (exact) mass is 303 g/mol. The van der Waals surface area contributed by atoms with Crippen LogP contribution in [-0.2, 0) is 11.2 Å². The third-order valence-corrected chi connectivity index (χ3v) is 5.44. The minimum Gasteiger partial charge on any atom is -0.496 e. The molecule has 1 amide bonds. The summed E-state index contributed by atoms with van der Waals surface area (Å²) >= 11 is 0. The van der Waals surface area contributed by atoms with Gasteiger partial charge < -0.3 is 15.2 Å². The van der Waals surface area contributed by atoms with Crippen molar-refractivity contribution in [3.05, 3.63) is 29.8 Å². The molecule has 2 saturated carbocycles. The van der Waals surface area contributed by atoms with Crippen molar-refractivity contribution in [1.29, 1.82) is 0 Å². The maximum absolute atomic E-state index is 12.3. The number of para-hydroxylation sites is 1. The molecule has 1 aromatic rings. The zero-order chi connectivity index (χ0) is 15.5. The van der Waals surface area contributed by atoms with Crippen LogP contribution in [0.15, 0.2) is 24.3 Å². The highest BCUT2D eigenvalue weighted by Gasteiger charge is 2.47. The van der Waals surface area contributed by atoms with Crippen LogP contribution >= 0.6 is 0 Å². The van der Waals surface area contributed by atoms with Crippen molar-refractivity contribution >= 4 is 5.91 Å². The Morgan fingerprint density at radius 3 is 2.86 bits per heavy atom. The molecule has 120 valence electrons. The summed E-state index contributed by atoms with van der Waals surface area (Å²) in [5.41, 5.74) is 1.06. The summed E-state index contributed by atoms with van der Waals surface area (Å²) in [7, 11) is 1.65. The van der Waals surface area contributed by atoms with Crippen molar-refractivity contribution in [2.45, 2.75) is 38.1 Å². The third-order valence-electron chi connectivity index (χ3n) is 5.44. The number of fused-ring (bicyclic) bond motifs is 2. The molecule has 4 heteroatoms. The van der Waals surface area contributed by atoms with Gasteiger partial charge in [-0.05, 0) is 49.1 Å². The first-order valence-electron chi connectivity index (χ1n) is 8.25. The molecule has 0 saturated heterocycles. The number of amides is 1. The first kappa shape index (κ1) is 15.3. The van der Waals surface area contributed by atoms with Gasteiger partial charge in [-0.15, -0.1) is 0 Å². The molecule has 1 aromatic carbocycles. The molecule has 0 heterocycles. The van der Waals surface area contributed by atoms with Crippen molar-refractivity contribution in [3.8, 4) is 5.75 Å². The van der Waals surface area contributed by atoms with Gasteiger partial charge >= 0.3 is 0 Å². The number of aryl methyl sites for hydroxylation is 1. The number of hydrogen-bond donors (Lipinski definition) is 2. The largest absolute Gasteiger partial charge is 0.496 e. The van der Waals surface area contributed by atoms with Crippen molar-refractivity contribution < 1.29 is 14.6 Å². The Kier molecular flexibility index (Phi) is 4.67. The summed E-state index contributed by atoms with van der Waals surface area (Å²) in [6, 6.07) is 8.00. The molecule has 2 fully saturated rings. The van der Waals surface area contributed by atoms with Crippen LogP contribution < -0.4 is 10.1 Å². The predicted octanol–water partition coefficient (Wildman–Crippen LogP) is 2.15. The summed E-state index contributed by atoms with van der Waals surface area (Å²) in [6.45, 7) is 0.193. The standard InChI is InChI=1S/C18H25NO3/c1-22-16-5-3-2-4-12(16)8-9-17(21)19-18-14-7-6-13(10-14)15(18)11-20/h2-5,13-15,18,20H,6-11H2,1H3,(H,19,21). The van der Waals surface area contributed by atoms with Crippen molar-refractivity contribution in [2.24, 2.45) is 17.8 Å². The molecule has 0 radical (unpaired) electrons. The second-order valence-electron chi connectivity index (χ2n) is 6.58. The van der Waals surface area contributed by atoms with Gasteiger partial charge in [0.1, 0.15) is 5.75 Å². The highest BCUT2D eigenvalue weighted by atomic mass is 16.5. The Labute approximate surface area is 131 Å². The molecule has 4 unspecified atom stereocenters. The highest BCUT2D eigenvalue weighted by molar-refractivity contribution is 5.76. The lowest BCUT2D eigenvalue weighted by Gasteiger charge is -2.30. The Morgan fingerprint density at radius 2 is 2.09 bits per heavy atom. The number of benzene rings is 1. The number of methoxy groups -OCH3 is 1. The van der Waals surface area contributed by atoms with Gasteiger partial charge in [-0.2, -0.15) is 0 Å². The molecule has 4 atom stereocenters. The van der Waals surface area contributed by atoms with Crippen LogP contribution in [0, 0.1) is 17.8 Å². The van der Waals surface area contributed by atoms with Crippen molar-refractivity contribution in [1.82, 2.24) is 5.32 Å². The molecule has 22 heavy (non-hydrogen) atoms. The molecule has 2 bridgehead atoms. The highest BCUT2D eigenvalue weighted by Crippen LogP contribution is 2.48. The fourth-order valence-corrected chi connectivity index (χ4v) is 4.31. The molecule has 0 aliphatic heterocycles. The van der Waals surface area contributed by atoms with Crippen LogP contribution in [0.1, 0.15) is 31.2 Å². The predicted molar refractivity (Wildman–Crippen MR) is 84.7 cm³/mol.